The minimum Gasteiger partial charge on any atom is -0.486 e. The number of carbonyl (C=O) groups is 4. The van der Waals surface area contributed by atoms with E-state index in [1.165, 1.54) is 50.7 Å². The number of benzene rings is 2. The van der Waals surface area contributed by atoms with Gasteiger partial charge in [-0.2, -0.15) is 4.39 Å². The molecule has 0 bridgehead atoms. The molecule has 3 fully saturated rings. The fourth-order valence-corrected chi connectivity index (χ4v) is 7.91. The first-order chi connectivity index (χ1) is 21.3. The maximum absolute atomic E-state index is 15.7. The van der Waals surface area contributed by atoms with Crippen molar-refractivity contribution in [2.75, 3.05) is 0 Å². The molecule has 0 aromatic heterocycles. The zero-order chi connectivity index (χ0) is 31.0. The molecule has 0 radical (unpaired) electrons. The molecule has 2 aromatic carbocycles. The van der Waals surface area contributed by atoms with Gasteiger partial charge in [-0.15, -0.1) is 0 Å². The second-order valence-corrected chi connectivity index (χ2v) is 12.8. The molecule has 0 amide bonds. The van der Waals surface area contributed by atoms with Crippen LogP contribution in [0.5, 0.6) is 5.75 Å². The van der Waals surface area contributed by atoms with Gasteiger partial charge in [0.15, 0.2) is 11.6 Å². The third kappa shape index (κ3) is 5.66. The van der Waals surface area contributed by atoms with Crippen molar-refractivity contribution in [2.24, 2.45) is 17.8 Å². The first-order valence-corrected chi connectivity index (χ1v) is 16.0. The van der Waals surface area contributed by atoms with Crippen molar-refractivity contribution in [1.29, 1.82) is 0 Å². The van der Waals surface area contributed by atoms with Gasteiger partial charge < -0.3 is 14.2 Å². The normalized spacial score (nSPS) is 29.7. The van der Waals surface area contributed by atoms with Gasteiger partial charge in [-0.1, -0.05) is 75.8 Å². The Morgan fingerprint density at radius 3 is 2.18 bits per heavy atom. The molecule has 2 aliphatic carbocycles. The fraction of sp³-hybridized carbons (Fsp3) is 0.543. The molecular formula is C35H38F2O7. The van der Waals surface area contributed by atoms with Crippen molar-refractivity contribution >= 4 is 23.9 Å². The summed E-state index contributed by atoms with van der Waals surface area (Å²) >= 11 is 0. The van der Waals surface area contributed by atoms with Crippen LogP contribution >= 0.6 is 0 Å². The van der Waals surface area contributed by atoms with E-state index in [0.717, 1.165) is 25.7 Å². The van der Waals surface area contributed by atoms with Crippen LogP contribution in [-0.4, -0.2) is 30.0 Å². The van der Waals surface area contributed by atoms with Gasteiger partial charge in [-0.25, -0.2) is 4.39 Å². The fourth-order valence-electron chi connectivity index (χ4n) is 7.91. The lowest BCUT2D eigenvalue weighted by Crippen LogP contribution is -2.46. The molecular weight excluding hydrogens is 570 g/mol. The predicted octanol–water partition coefficient (Wildman–Crippen LogP) is 7.02. The van der Waals surface area contributed by atoms with Crippen LogP contribution in [0.2, 0.25) is 0 Å². The van der Waals surface area contributed by atoms with E-state index in [2.05, 4.69) is 6.92 Å². The molecule has 2 aliphatic heterocycles. The average Bonchev–Trinajstić information content (AvgIpc) is 3.51. The molecule has 2 saturated heterocycles. The van der Waals surface area contributed by atoms with Crippen LogP contribution in [0.15, 0.2) is 36.4 Å². The van der Waals surface area contributed by atoms with Crippen LogP contribution in [0, 0.1) is 29.4 Å². The van der Waals surface area contributed by atoms with Gasteiger partial charge in [0.25, 0.3) is 0 Å². The zero-order valence-electron chi connectivity index (χ0n) is 24.9. The maximum Gasteiger partial charge on any atom is 0.322 e. The van der Waals surface area contributed by atoms with Crippen LogP contribution in [-0.2, 0) is 28.7 Å². The Labute approximate surface area is 255 Å². The molecule has 234 valence electrons. The minimum atomic E-state index is -1.29. The largest absolute Gasteiger partial charge is 0.486 e. The highest BCUT2D eigenvalue weighted by Crippen LogP contribution is 2.52. The number of hydrogen-bond acceptors (Lipinski definition) is 7. The molecule has 0 spiro atoms. The molecule has 6 rings (SSSR count). The van der Waals surface area contributed by atoms with Crippen LogP contribution in [0.4, 0.5) is 8.78 Å². The standard InChI is InChI=1S/C35H38F2O7/c1-2-3-4-5-6-9-19-12-14-20(15-13-19)21-16-17-25(31(37)30(21)36)42-32-27(24-18-26(38)43-33(24)39)22-10-7-8-11-23(22)28-29(32)35(41)44-34(28)40/h7-8,10-11,16-17,19-20,24,27-29,32H,2-6,9,12-15,18H2,1H3. The summed E-state index contributed by atoms with van der Waals surface area (Å²) in [6.45, 7) is 2.20. The molecule has 4 aliphatic rings. The molecule has 7 nitrogen and oxygen atoms in total. The van der Waals surface area contributed by atoms with Crippen molar-refractivity contribution in [3.63, 3.8) is 0 Å². The van der Waals surface area contributed by atoms with Crippen molar-refractivity contribution in [2.45, 2.75) is 101 Å². The van der Waals surface area contributed by atoms with E-state index in [1.807, 2.05) is 0 Å². The van der Waals surface area contributed by atoms with Gasteiger partial charge >= 0.3 is 23.9 Å². The quantitative estimate of drug-likeness (QED) is 0.163. The summed E-state index contributed by atoms with van der Waals surface area (Å²) in [5.74, 6) is -9.48. The molecule has 9 heteroatoms. The number of fused-ring (bicyclic) bond motifs is 3. The number of unbranched alkanes of at least 4 members (excludes halogenated alkanes) is 4. The van der Waals surface area contributed by atoms with E-state index in [1.54, 1.807) is 24.3 Å². The van der Waals surface area contributed by atoms with Gasteiger partial charge in [-0.05, 0) is 60.3 Å². The Morgan fingerprint density at radius 1 is 0.750 bits per heavy atom. The lowest BCUT2D eigenvalue weighted by molar-refractivity contribution is -0.156. The minimum absolute atomic E-state index is 0.102. The highest BCUT2D eigenvalue weighted by atomic mass is 19.2. The zero-order valence-corrected chi connectivity index (χ0v) is 24.9. The van der Waals surface area contributed by atoms with Crippen molar-refractivity contribution in [3.8, 4) is 5.75 Å². The molecule has 2 heterocycles. The first kappa shape index (κ1) is 30.4. The van der Waals surface area contributed by atoms with Gasteiger partial charge in [0, 0.05) is 5.92 Å². The molecule has 1 saturated carbocycles. The SMILES string of the molecule is CCCCCCCC1CCC(c2ccc(OC3C4C(=O)OC(=O)C4c4ccccc4C3C3CC(=O)OC3=O)c(F)c2F)CC1. The summed E-state index contributed by atoms with van der Waals surface area (Å²) in [7, 11) is 0. The molecule has 0 N–H and O–H groups in total. The van der Waals surface area contributed by atoms with E-state index >= 15 is 8.78 Å². The van der Waals surface area contributed by atoms with E-state index in [4.69, 9.17) is 14.2 Å². The van der Waals surface area contributed by atoms with Gasteiger partial charge in [0.05, 0.1) is 18.3 Å². The Hall–Kier alpha value is -3.62. The lowest BCUT2D eigenvalue weighted by Gasteiger charge is -2.40. The highest BCUT2D eigenvalue weighted by molar-refractivity contribution is 6.01. The summed E-state index contributed by atoms with van der Waals surface area (Å²) in [5, 5.41) is 0. The van der Waals surface area contributed by atoms with Crippen LogP contribution < -0.4 is 4.74 Å². The van der Waals surface area contributed by atoms with Crippen LogP contribution in [0.25, 0.3) is 0 Å². The van der Waals surface area contributed by atoms with Crippen molar-refractivity contribution < 1.29 is 42.2 Å². The lowest BCUT2D eigenvalue weighted by atomic mass is 9.65. The summed E-state index contributed by atoms with van der Waals surface area (Å²) in [6.07, 6.45) is 9.36. The van der Waals surface area contributed by atoms with E-state index in [-0.39, 0.29) is 12.3 Å². The molecule has 2 aromatic rings. The van der Waals surface area contributed by atoms with Gasteiger partial charge in [-0.3, -0.25) is 19.2 Å². The van der Waals surface area contributed by atoms with Crippen LogP contribution in [0.3, 0.4) is 0 Å². The van der Waals surface area contributed by atoms with E-state index in [9.17, 15) is 19.2 Å². The molecule has 44 heavy (non-hydrogen) atoms. The molecule has 5 unspecified atom stereocenters. The number of halogens is 2. The third-order valence-corrected chi connectivity index (χ3v) is 10.2. The topological polar surface area (TPSA) is 96.0 Å². The van der Waals surface area contributed by atoms with E-state index < -0.39 is 71.0 Å². The number of ether oxygens (including phenoxy) is 3. The second kappa shape index (κ2) is 12.8. The predicted molar refractivity (Wildman–Crippen MR) is 155 cm³/mol. The third-order valence-electron chi connectivity index (χ3n) is 10.2. The Bertz CT molecular complexity index is 1450. The first-order valence-electron chi connectivity index (χ1n) is 16.0. The highest BCUT2D eigenvalue weighted by Gasteiger charge is 2.60. The van der Waals surface area contributed by atoms with Gasteiger partial charge in [0.1, 0.15) is 12.0 Å². The smallest absolute Gasteiger partial charge is 0.322 e. The van der Waals surface area contributed by atoms with E-state index in [0.29, 0.717) is 22.6 Å². The second-order valence-electron chi connectivity index (χ2n) is 12.8. The number of cyclic esters (lactones) is 4. The summed E-state index contributed by atoms with van der Waals surface area (Å²) in [4.78, 5) is 50.7. The Morgan fingerprint density at radius 2 is 1.48 bits per heavy atom. The summed E-state index contributed by atoms with van der Waals surface area (Å²) < 4.78 is 47.3. The number of rotatable bonds is 10. The Kier molecular flexibility index (Phi) is 8.83. The maximum atomic E-state index is 15.7. The van der Waals surface area contributed by atoms with Crippen molar-refractivity contribution in [1.82, 2.24) is 0 Å². The van der Waals surface area contributed by atoms with Gasteiger partial charge in [0.2, 0.25) is 5.82 Å². The Balaban J connectivity index is 1.24. The number of esters is 4. The molecule has 5 atom stereocenters. The monoisotopic (exact) mass is 608 g/mol. The summed E-state index contributed by atoms with van der Waals surface area (Å²) in [6, 6.07) is 9.63. The van der Waals surface area contributed by atoms with Crippen LogP contribution in [0.1, 0.15) is 112 Å². The number of hydrogen-bond donors (Lipinski definition) is 0. The number of carbonyl (C=O) groups excluding carboxylic acids is 4. The summed E-state index contributed by atoms with van der Waals surface area (Å²) in [5.41, 5.74) is 1.28. The van der Waals surface area contributed by atoms with Crippen molar-refractivity contribution in [3.05, 3.63) is 64.7 Å². The average molecular weight is 609 g/mol.